The van der Waals surface area contributed by atoms with Crippen LogP contribution in [-0.2, 0) is 17.6 Å². The normalized spacial score (nSPS) is 16.8. The maximum atomic E-state index is 15.0. The van der Waals surface area contributed by atoms with Crippen molar-refractivity contribution in [3.63, 3.8) is 0 Å². The van der Waals surface area contributed by atoms with Crippen LogP contribution in [0.25, 0.3) is 0 Å². The Balaban J connectivity index is 1.58. The Morgan fingerprint density at radius 3 is 2.39 bits per heavy atom. The highest BCUT2D eigenvalue weighted by molar-refractivity contribution is 7.79. The number of piperidine rings is 1. The quantitative estimate of drug-likeness (QED) is 0.202. The second-order valence-electron chi connectivity index (χ2n) is 9.04. The minimum atomic E-state index is -2.25. The van der Waals surface area contributed by atoms with E-state index in [9.17, 15) is 17.5 Å². The fourth-order valence-electron chi connectivity index (χ4n) is 4.71. The molecule has 1 heterocycles. The molecule has 3 atom stereocenters. The molecule has 0 bridgehead atoms. The Bertz CT molecular complexity index is 1030. The molecule has 1 aliphatic rings. The lowest BCUT2D eigenvalue weighted by Crippen LogP contribution is -2.44. The van der Waals surface area contributed by atoms with Crippen LogP contribution in [0.1, 0.15) is 55.4 Å². The largest absolute Gasteiger partial charge is 0.772 e. The molecule has 10 heteroatoms. The third-order valence-electron chi connectivity index (χ3n) is 6.90. The average Bonchev–Trinajstić information content (AvgIpc) is 2.89. The molecule has 2 aromatic rings. The molecule has 1 unspecified atom stereocenters. The van der Waals surface area contributed by atoms with E-state index in [1.165, 1.54) is 17.0 Å². The smallest absolute Gasteiger partial charge is 0.147 e. The van der Waals surface area contributed by atoms with Crippen molar-refractivity contribution in [1.82, 2.24) is 10.2 Å². The van der Waals surface area contributed by atoms with Gasteiger partial charge in [0, 0.05) is 48.6 Å². The summed E-state index contributed by atoms with van der Waals surface area (Å²) in [7, 11) is 0. The standard InChI is InChI=1S/C26H35F2N5O2S/c1-2-21(8-9-26(36(34)35)19-6-4-3-5-7-19)31-16-20-14-24(28)25(15-23(20)27)32-12-10-22(11-13-32)33(17-29)18-30/h3-7,14-15,17-18,21-22,26,29-31H,2,8-13,16H2,1H3,(H,34,35)/p-1/t21-,26+/m0/s1. The first kappa shape index (κ1) is 27.9. The van der Waals surface area contributed by atoms with Gasteiger partial charge in [-0.2, -0.15) is 0 Å². The van der Waals surface area contributed by atoms with Gasteiger partial charge in [-0.05, 0) is 54.8 Å². The van der Waals surface area contributed by atoms with E-state index < -0.39 is 28.0 Å². The predicted molar refractivity (Wildman–Crippen MR) is 139 cm³/mol. The van der Waals surface area contributed by atoms with Gasteiger partial charge in [-0.15, -0.1) is 0 Å². The third-order valence-corrected chi connectivity index (χ3v) is 7.87. The van der Waals surface area contributed by atoms with Crippen LogP contribution < -0.4 is 10.2 Å². The molecule has 1 fully saturated rings. The fourth-order valence-corrected chi connectivity index (χ4v) is 5.42. The molecule has 0 aliphatic carbocycles. The number of halogens is 2. The molecule has 3 rings (SSSR count). The van der Waals surface area contributed by atoms with Crippen molar-refractivity contribution >= 4 is 29.4 Å². The lowest BCUT2D eigenvalue weighted by molar-refractivity contribution is 0.363. The molecular formula is C26H34F2N5O2S-. The Labute approximate surface area is 214 Å². The van der Waals surface area contributed by atoms with Gasteiger partial charge in [0.2, 0.25) is 0 Å². The zero-order valence-corrected chi connectivity index (χ0v) is 21.3. The summed E-state index contributed by atoms with van der Waals surface area (Å²) >= 11 is -2.25. The van der Waals surface area contributed by atoms with Gasteiger partial charge in [0.05, 0.1) is 18.4 Å². The topological polar surface area (TPSA) is 106 Å². The Morgan fingerprint density at radius 1 is 1.14 bits per heavy atom. The van der Waals surface area contributed by atoms with Crippen LogP contribution in [0.15, 0.2) is 42.5 Å². The highest BCUT2D eigenvalue weighted by Crippen LogP contribution is 2.28. The van der Waals surface area contributed by atoms with E-state index in [-0.39, 0.29) is 29.9 Å². The maximum Gasteiger partial charge on any atom is 0.147 e. The van der Waals surface area contributed by atoms with Gasteiger partial charge in [-0.1, -0.05) is 37.3 Å². The Morgan fingerprint density at radius 2 is 1.81 bits per heavy atom. The van der Waals surface area contributed by atoms with Crippen LogP contribution >= 0.6 is 0 Å². The number of rotatable bonds is 13. The van der Waals surface area contributed by atoms with Crippen LogP contribution in [-0.4, -0.2) is 51.5 Å². The van der Waals surface area contributed by atoms with E-state index in [2.05, 4.69) is 5.32 Å². The molecule has 196 valence electrons. The van der Waals surface area contributed by atoms with E-state index in [1.807, 2.05) is 25.1 Å². The molecule has 1 aliphatic heterocycles. The first-order valence-corrected chi connectivity index (χ1v) is 13.4. The molecule has 0 amide bonds. The summed E-state index contributed by atoms with van der Waals surface area (Å²) in [6, 6.07) is 11.5. The summed E-state index contributed by atoms with van der Waals surface area (Å²) < 4.78 is 53.4. The summed E-state index contributed by atoms with van der Waals surface area (Å²) in [4.78, 5) is 3.32. The second-order valence-corrected chi connectivity index (χ2v) is 10.1. The molecule has 0 saturated carbocycles. The second kappa shape index (κ2) is 13.6. The van der Waals surface area contributed by atoms with Crippen LogP contribution in [0.4, 0.5) is 14.5 Å². The molecule has 0 aromatic heterocycles. The van der Waals surface area contributed by atoms with Crippen LogP contribution in [0.2, 0.25) is 0 Å². The van der Waals surface area contributed by atoms with Gasteiger partial charge < -0.3 is 19.7 Å². The van der Waals surface area contributed by atoms with Crippen LogP contribution in [0.3, 0.4) is 0 Å². The average molecular weight is 519 g/mol. The number of nitrogens with zero attached hydrogens (tertiary/aromatic N) is 2. The molecule has 36 heavy (non-hydrogen) atoms. The molecule has 0 radical (unpaired) electrons. The van der Waals surface area contributed by atoms with E-state index in [1.54, 1.807) is 17.0 Å². The lowest BCUT2D eigenvalue weighted by atomic mass is 10.0. The zero-order chi connectivity index (χ0) is 26.1. The maximum absolute atomic E-state index is 15.0. The van der Waals surface area contributed by atoms with Crippen molar-refractivity contribution < 1.29 is 17.5 Å². The highest BCUT2D eigenvalue weighted by Gasteiger charge is 2.25. The first-order valence-electron chi connectivity index (χ1n) is 12.3. The fraction of sp³-hybridized carbons (Fsp3) is 0.462. The lowest BCUT2D eigenvalue weighted by Gasteiger charge is -2.37. The number of anilines is 1. The van der Waals surface area contributed by atoms with E-state index in [0.717, 1.165) is 24.7 Å². The summed E-state index contributed by atoms with van der Waals surface area (Å²) in [5, 5.41) is 17.4. The van der Waals surface area contributed by atoms with Gasteiger partial charge in [0.1, 0.15) is 11.6 Å². The minimum Gasteiger partial charge on any atom is -0.772 e. The van der Waals surface area contributed by atoms with Crippen molar-refractivity contribution in [2.24, 2.45) is 0 Å². The molecule has 3 N–H and O–H groups in total. The summed E-state index contributed by atoms with van der Waals surface area (Å²) in [5.41, 5.74) is 1.20. The Kier molecular flexibility index (Phi) is 10.5. The van der Waals surface area contributed by atoms with Crippen LogP contribution in [0.5, 0.6) is 0 Å². The van der Waals surface area contributed by atoms with Gasteiger partial charge in [-0.3, -0.25) is 15.0 Å². The first-order chi connectivity index (χ1) is 17.4. The minimum absolute atomic E-state index is 0.0131. The van der Waals surface area contributed by atoms with Gasteiger partial charge in [0.15, 0.2) is 0 Å². The van der Waals surface area contributed by atoms with Crippen molar-refractivity contribution in [2.75, 3.05) is 18.0 Å². The number of benzene rings is 2. The van der Waals surface area contributed by atoms with Gasteiger partial charge in [-0.25, -0.2) is 8.78 Å². The molecule has 7 nitrogen and oxygen atoms in total. The number of hydrogen-bond donors (Lipinski definition) is 3. The van der Waals surface area contributed by atoms with Crippen molar-refractivity contribution in [1.29, 1.82) is 10.8 Å². The van der Waals surface area contributed by atoms with Crippen molar-refractivity contribution in [3.8, 4) is 0 Å². The molecule has 2 aromatic carbocycles. The van der Waals surface area contributed by atoms with Crippen molar-refractivity contribution in [2.45, 2.75) is 62.9 Å². The summed E-state index contributed by atoms with van der Waals surface area (Å²) in [5.74, 6) is -0.971. The number of nitrogens with one attached hydrogen (secondary N) is 3. The summed E-state index contributed by atoms with van der Waals surface area (Å²) in [6.45, 7) is 3.15. The zero-order valence-electron chi connectivity index (χ0n) is 20.5. The van der Waals surface area contributed by atoms with Crippen LogP contribution in [0, 0.1) is 22.5 Å². The SMILES string of the molecule is CC[C@@H](CC[C@H](c1ccccc1)S(=O)[O-])NCc1cc(F)c(N2CCC(N(C=N)C=N)CC2)cc1F. The van der Waals surface area contributed by atoms with Gasteiger partial charge in [0.25, 0.3) is 0 Å². The van der Waals surface area contributed by atoms with E-state index >= 15 is 0 Å². The third kappa shape index (κ3) is 7.18. The predicted octanol–water partition coefficient (Wildman–Crippen LogP) is 4.72. The molecular weight excluding hydrogens is 484 g/mol. The van der Waals surface area contributed by atoms with E-state index in [4.69, 9.17) is 10.8 Å². The molecule has 0 spiro atoms. The number of hydrogen-bond acceptors (Lipinski definition) is 6. The monoisotopic (exact) mass is 518 g/mol. The summed E-state index contributed by atoms with van der Waals surface area (Å²) in [6.07, 6.45) is 5.26. The Hall–Kier alpha value is -2.69. The van der Waals surface area contributed by atoms with Gasteiger partial charge >= 0.3 is 0 Å². The van der Waals surface area contributed by atoms with E-state index in [0.29, 0.717) is 38.8 Å². The molecule has 1 saturated heterocycles. The highest BCUT2D eigenvalue weighted by atomic mass is 32.2. The van der Waals surface area contributed by atoms with Crippen molar-refractivity contribution in [3.05, 3.63) is 65.2 Å².